The summed E-state index contributed by atoms with van der Waals surface area (Å²) in [4.78, 5) is 0. The van der Waals surface area contributed by atoms with Crippen LogP contribution in [0.4, 0.5) is 0 Å². The number of hydrogen-bond acceptors (Lipinski definition) is 6. The summed E-state index contributed by atoms with van der Waals surface area (Å²) in [6, 6.07) is 0. The van der Waals surface area contributed by atoms with Crippen molar-refractivity contribution in [2.45, 2.75) is 110 Å². The number of rotatable bonds is 16. The van der Waals surface area contributed by atoms with Crippen molar-refractivity contribution in [3.05, 3.63) is 0 Å². The fraction of sp³-hybridized carbons (Fsp3) is 1.00. The lowest BCUT2D eigenvalue weighted by Gasteiger charge is -2.39. The van der Waals surface area contributed by atoms with E-state index in [1.807, 2.05) is 0 Å². The molecule has 1 rings (SSSR count). The van der Waals surface area contributed by atoms with E-state index in [0.29, 0.717) is 13.0 Å². The molecule has 1 saturated heterocycles. The molecule has 0 bridgehead atoms. The van der Waals surface area contributed by atoms with Gasteiger partial charge in [-0.25, -0.2) is 0 Å². The molecule has 26 heavy (non-hydrogen) atoms. The zero-order valence-corrected chi connectivity index (χ0v) is 17.6. The van der Waals surface area contributed by atoms with Gasteiger partial charge < -0.3 is 9.84 Å². The Balaban J connectivity index is 2.07. The van der Waals surface area contributed by atoms with Crippen LogP contribution in [0.25, 0.3) is 0 Å². The van der Waals surface area contributed by atoms with Crippen LogP contribution in [0.3, 0.4) is 0 Å². The summed E-state index contributed by atoms with van der Waals surface area (Å²) in [5, 5.41) is 10.00. The van der Waals surface area contributed by atoms with E-state index in [9.17, 15) is 13.5 Å². The molecule has 156 valence electrons. The molecular formula is C19H38O6S. The molecule has 0 aliphatic carbocycles. The van der Waals surface area contributed by atoms with Gasteiger partial charge in [0, 0.05) is 6.61 Å². The SMILES string of the molecule is CCCCCCCC(C)CCCCCCC(OCC)C1(O)OS(=O)(=O)O1. The topological polar surface area (TPSA) is 82.1 Å². The van der Waals surface area contributed by atoms with Crippen LogP contribution in [-0.4, -0.2) is 32.2 Å². The van der Waals surface area contributed by atoms with E-state index in [2.05, 4.69) is 22.2 Å². The summed E-state index contributed by atoms with van der Waals surface area (Å²) in [6.07, 6.45) is 13.2. The van der Waals surface area contributed by atoms with Gasteiger partial charge in [0.25, 0.3) is 0 Å². The van der Waals surface area contributed by atoms with Crippen molar-refractivity contribution < 1.29 is 26.6 Å². The molecule has 1 N–H and O–H groups in total. The van der Waals surface area contributed by atoms with Gasteiger partial charge in [0.15, 0.2) is 0 Å². The highest BCUT2D eigenvalue weighted by atomic mass is 32.3. The molecule has 0 amide bonds. The number of hydrogen-bond donors (Lipinski definition) is 1. The Bertz CT molecular complexity index is 453. The average molecular weight is 395 g/mol. The molecule has 1 fully saturated rings. The lowest BCUT2D eigenvalue weighted by Crippen LogP contribution is -2.59. The number of ether oxygens (including phenoxy) is 1. The lowest BCUT2D eigenvalue weighted by molar-refractivity contribution is -0.372. The molecule has 0 saturated carbocycles. The van der Waals surface area contributed by atoms with Crippen LogP contribution in [0.5, 0.6) is 0 Å². The molecule has 1 heterocycles. The third-order valence-corrected chi connectivity index (χ3v) is 5.82. The van der Waals surface area contributed by atoms with E-state index in [0.717, 1.165) is 25.2 Å². The predicted molar refractivity (Wildman–Crippen MR) is 102 cm³/mol. The van der Waals surface area contributed by atoms with Gasteiger partial charge in [-0.1, -0.05) is 84.5 Å². The minimum Gasteiger partial charge on any atom is -0.370 e. The summed E-state index contributed by atoms with van der Waals surface area (Å²) < 4.78 is 36.3. The first-order valence-electron chi connectivity index (χ1n) is 10.3. The molecule has 0 aromatic carbocycles. The maximum Gasteiger partial charge on any atom is 0.409 e. The van der Waals surface area contributed by atoms with Crippen molar-refractivity contribution >= 4 is 10.4 Å². The van der Waals surface area contributed by atoms with Gasteiger partial charge in [0.05, 0.1) is 0 Å². The molecule has 7 heteroatoms. The minimum absolute atomic E-state index is 0.357. The average Bonchev–Trinajstić information content (AvgIpc) is 2.54. The van der Waals surface area contributed by atoms with Crippen LogP contribution in [0, 0.1) is 5.92 Å². The van der Waals surface area contributed by atoms with Gasteiger partial charge in [0.2, 0.25) is 0 Å². The maximum atomic E-state index is 11.0. The van der Waals surface area contributed by atoms with Crippen LogP contribution in [0.2, 0.25) is 0 Å². The molecule has 2 atom stereocenters. The Hall–Kier alpha value is -0.210. The molecule has 0 spiro atoms. The molecule has 1 aliphatic rings. The van der Waals surface area contributed by atoms with Crippen molar-refractivity contribution in [2.75, 3.05) is 6.61 Å². The molecule has 0 aromatic rings. The number of unbranched alkanes of at least 4 members (excludes halogenated alkanes) is 7. The van der Waals surface area contributed by atoms with Gasteiger partial charge in [0.1, 0.15) is 6.10 Å². The minimum atomic E-state index is -4.04. The monoisotopic (exact) mass is 394 g/mol. The summed E-state index contributed by atoms with van der Waals surface area (Å²) in [5.74, 6) is -1.36. The largest absolute Gasteiger partial charge is 0.409 e. The fourth-order valence-electron chi connectivity index (χ4n) is 3.40. The summed E-state index contributed by atoms with van der Waals surface area (Å²) in [7, 11) is -4.04. The van der Waals surface area contributed by atoms with E-state index in [4.69, 9.17) is 4.74 Å². The Morgan fingerprint density at radius 2 is 1.38 bits per heavy atom. The predicted octanol–water partition coefficient (Wildman–Crippen LogP) is 4.67. The normalized spacial score (nSPS) is 20.5. The zero-order valence-electron chi connectivity index (χ0n) is 16.7. The summed E-state index contributed by atoms with van der Waals surface area (Å²) in [5.41, 5.74) is 0. The highest BCUT2D eigenvalue weighted by Crippen LogP contribution is 2.35. The molecule has 0 radical (unpaired) electrons. The van der Waals surface area contributed by atoms with Crippen molar-refractivity contribution in [2.24, 2.45) is 5.92 Å². The number of aliphatic hydroxyl groups is 1. The Labute approximate surface area is 159 Å². The quantitative estimate of drug-likeness (QED) is 0.383. The van der Waals surface area contributed by atoms with E-state index < -0.39 is 22.5 Å². The third kappa shape index (κ3) is 9.13. The van der Waals surface area contributed by atoms with Gasteiger partial charge in [-0.2, -0.15) is 16.8 Å². The van der Waals surface area contributed by atoms with E-state index in [1.165, 1.54) is 51.4 Å². The molecule has 6 nitrogen and oxygen atoms in total. The Morgan fingerprint density at radius 1 is 0.885 bits per heavy atom. The zero-order chi connectivity index (χ0) is 19.5. The van der Waals surface area contributed by atoms with Crippen LogP contribution < -0.4 is 0 Å². The molecule has 0 aromatic heterocycles. The lowest BCUT2D eigenvalue weighted by atomic mass is 9.96. The van der Waals surface area contributed by atoms with Crippen molar-refractivity contribution in [1.29, 1.82) is 0 Å². The molecular weight excluding hydrogens is 356 g/mol. The highest BCUT2D eigenvalue weighted by molar-refractivity contribution is 7.82. The first-order chi connectivity index (χ1) is 12.3. The highest BCUT2D eigenvalue weighted by Gasteiger charge is 2.57. The van der Waals surface area contributed by atoms with Crippen LogP contribution in [0.15, 0.2) is 0 Å². The van der Waals surface area contributed by atoms with Gasteiger partial charge in [-0.15, -0.1) is 0 Å². The second-order valence-electron chi connectivity index (χ2n) is 7.45. The van der Waals surface area contributed by atoms with Crippen molar-refractivity contribution in [3.8, 4) is 0 Å². The van der Waals surface area contributed by atoms with Crippen LogP contribution >= 0.6 is 0 Å². The van der Waals surface area contributed by atoms with Gasteiger partial charge in [-0.05, 0) is 19.3 Å². The van der Waals surface area contributed by atoms with Gasteiger partial charge >= 0.3 is 16.4 Å². The first-order valence-corrected chi connectivity index (χ1v) is 11.7. The second kappa shape index (κ2) is 12.3. The summed E-state index contributed by atoms with van der Waals surface area (Å²) in [6.45, 7) is 6.72. The van der Waals surface area contributed by atoms with Crippen LogP contribution in [0.1, 0.15) is 97.8 Å². The summed E-state index contributed by atoms with van der Waals surface area (Å²) >= 11 is 0. The third-order valence-electron chi connectivity index (χ3n) is 4.93. The first kappa shape index (κ1) is 23.8. The van der Waals surface area contributed by atoms with Gasteiger partial charge in [-0.3, -0.25) is 0 Å². The fourth-order valence-corrected chi connectivity index (χ4v) is 4.21. The van der Waals surface area contributed by atoms with E-state index in [1.54, 1.807) is 6.92 Å². The van der Waals surface area contributed by atoms with Crippen molar-refractivity contribution in [3.63, 3.8) is 0 Å². The smallest absolute Gasteiger partial charge is 0.370 e. The van der Waals surface area contributed by atoms with Crippen molar-refractivity contribution in [1.82, 2.24) is 0 Å². The standard InChI is InChI=1S/C19H38O6S/c1-4-6-7-8-11-14-17(3)15-12-9-10-13-16-18(23-5-2)19(20)24-26(21,22)25-19/h17-18,20H,4-16H2,1-3H3. The van der Waals surface area contributed by atoms with E-state index in [-0.39, 0.29) is 0 Å². The second-order valence-corrected chi connectivity index (χ2v) is 8.60. The van der Waals surface area contributed by atoms with E-state index >= 15 is 0 Å². The molecule has 1 aliphatic heterocycles. The maximum absolute atomic E-state index is 11.0. The Morgan fingerprint density at radius 3 is 1.85 bits per heavy atom. The molecule has 2 unspecified atom stereocenters. The Kier molecular flexibility index (Phi) is 11.3. The van der Waals surface area contributed by atoms with Crippen LogP contribution in [-0.2, 0) is 23.5 Å².